The second-order valence-electron chi connectivity index (χ2n) is 5.75. The number of furan rings is 1. The maximum atomic E-state index is 12.4. The standard InChI is InChI=1S/C15H20N2O2S/c1-15(2,3)16-14(18)17(9-12-6-8-20-11-12)10-13-5-4-7-19-13/h4-8,11H,9-10H2,1-3H3,(H,16,18). The largest absolute Gasteiger partial charge is 0.467 e. The minimum Gasteiger partial charge on any atom is -0.467 e. The van der Waals surface area contributed by atoms with Crippen molar-refractivity contribution in [1.82, 2.24) is 10.2 Å². The van der Waals surface area contributed by atoms with Gasteiger partial charge in [-0.3, -0.25) is 0 Å². The molecule has 0 radical (unpaired) electrons. The molecule has 20 heavy (non-hydrogen) atoms. The summed E-state index contributed by atoms with van der Waals surface area (Å²) in [6.07, 6.45) is 1.62. The summed E-state index contributed by atoms with van der Waals surface area (Å²) in [6, 6.07) is 5.66. The Kier molecular flexibility index (Phi) is 4.49. The average Bonchev–Trinajstić information content (AvgIpc) is 2.98. The van der Waals surface area contributed by atoms with Crippen molar-refractivity contribution in [3.05, 3.63) is 46.5 Å². The third-order valence-electron chi connectivity index (χ3n) is 2.65. The first kappa shape index (κ1) is 14.7. The molecule has 0 aliphatic rings. The maximum Gasteiger partial charge on any atom is 0.318 e. The normalized spacial score (nSPS) is 11.3. The van der Waals surface area contributed by atoms with Gasteiger partial charge in [-0.15, -0.1) is 0 Å². The lowest BCUT2D eigenvalue weighted by molar-refractivity contribution is 0.178. The van der Waals surface area contributed by atoms with Gasteiger partial charge in [-0.2, -0.15) is 11.3 Å². The van der Waals surface area contributed by atoms with E-state index in [4.69, 9.17) is 4.42 Å². The van der Waals surface area contributed by atoms with Gasteiger partial charge in [0.1, 0.15) is 5.76 Å². The fourth-order valence-corrected chi connectivity index (χ4v) is 2.45. The predicted molar refractivity (Wildman–Crippen MR) is 80.6 cm³/mol. The molecule has 0 atom stereocenters. The molecule has 2 aromatic rings. The van der Waals surface area contributed by atoms with Gasteiger partial charge in [-0.25, -0.2) is 4.79 Å². The van der Waals surface area contributed by atoms with Crippen LogP contribution in [0.2, 0.25) is 0 Å². The summed E-state index contributed by atoms with van der Waals surface area (Å²) in [6.45, 7) is 6.96. The fraction of sp³-hybridized carbons (Fsp3) is 0.400. The molecule has 0 unspecified atom stereocenters. The SMILES string of the molecule is CC(C)(C)NC(=O)N(Cc1ccsc1)Cc1ccco1. The lowest BCUT2D eigenvalue weighted by atomic mass is 10.1. The third-order valence-corrected chi connectivity index (χ3v) is 3.38. The van der Waals surface area contributed by atoms with Crippen molar-refractivity contribution in [2.75, 3.05) is 0 Å². The van der Waals surface area contributed by atoms with Crippen molar-refractivity contribution in [3.8, 4) is 0 Å². The molecule has 2 aromatic heterocycles. The van der Waals surface area contributed by atoms with E-state index in [1.807, 2.05) is 44.4 Å². The van der Waals surface area contributed by atoms with E-state index in [-0.39, 0.29) is 11.6 Å². The smallest absolute Gasteiger partial charge is 0.318 e. The molecule has 0 fully saturated rings. The zero-order chi connectivity index (χ0) is 14.6. The summed E-state index contributed by atoms with van der Waals surface area (Å²) in [7, 11) is 0. The predicted octanol–water partition coefficient (Wildman–Crippen LogP) is 3.85. The Labute approximate surface area is 123 Å². The highest BCUT2D eigenvalue weighted by atomic mass is 32.1. The number of hydrogen-bond donors (Lipinski definition) is 1. The van der Waals surface area contributed by atoms with Gasteiger partial charge in [-0.1, -0.05) is 0 Å². The van der Waals surface area contributed by atoms with Gasteiger partial charge in [0.15, 0.2) is 0 Å². The molecule has 0 bridgehead atoms. The van der Waals surface area contributed by atoms with E-state index >= 15 is 0 Å². The molecule has 5 heteroatoms. The van der Waals surface area contributed by atoms with Crippen molar-refractivity contribution in [1.29, 1.82) is 0 Å². The summed E-state index contributed by atoms with van der Waals surface area (Å²) < 4.78 is 5.34. The van der Waals surface area contributed by atoms with Crippen LogP contribution in [0.4, 0.5) is 4.79 Å². The summed E-state index contributed by atoms with van der Waals surface area (Å²) in [4.78, 5) is 14.1. The van der Waals surface area contributed by atoms with E-state index in [0.29, 0.717) is 13.1 Å². The number of nitrogens with zero attached hydrogens (tertiary/aromatic N) is 1. The van der Waals surface area contributed by atoms with Gasteiger partial charge in [0.2, 0.25) is 0 Å². The van der Waals surface area contributed by atoms with Crippen LogP contribution in [0.3, 0.4) is 0 Å². The molecular formula is C15H20N2O2S. The fourth-order valence-electron chi connectivity index (χ4n) is 1.79. The molecule has 0 saturated heterocycles. The van der Waals surface area contributed by atoms with Crippen LogP contribution < -0.4 is 5.32 Å². The third kappa shape index (κ3) is 4.42. The molecule has 2 rings (SSSR count). The van der Waals surface area contributed by atoms with Crippen LogP contribution in [0.15, 0.2) is 39.6 Å². The van der Waals surface area contributed by atoms with Crippen molar-refractivity contribution >= 4 is 17.4 Å². The first-order valence-electron chi connectivity index (χ1n) is 6.54. The van der Waals surface area contributed by atoms with Crippen molar-refractivity contribution < 1.29 is 9.21 Å². The zero-order valence-corrected chi connectivity index (χ0v) is 12.9. The summed E-state index contributed by atoms with van der Waals surface area (Å²) in [5.74, 6) is 0.782. The van der Waals surface area contributed by atoms with Crippen molar-refractivity contribution in [3.63, 3.8) is 0 Å². The van der Waals surface area contributed by atoms with Crippen LogP contribution in [0.5, 0.6) is 0 Å². The van der Waals surface area contributed by atoms with Gasteiger partial charge >= 0.3 is 6.03 Å². The van der Waals surface area contributed by atoms with Crippen LogP contribution in [0.25, 0.3) is 0 Å². The molecule has 0 saturated carbocycles. The van der Waals surface area contributed by atoms with Crippen LogP contribution in [0.1, 0.15) is 32.1 Å². The molecule has 108 valence electrons. The Bertz CT molecular complexity index is 490. The van der Waals surface area contributed by atoms with Crippen LogP contribution in [-0.2, 0) is 13.1 Å². The zero-order valence-electron chi connectivity index (χ0n) is 12.1. The van der Waals surface area contributed by atoms with Gasteiger partial charge < -0.3 is 14.6 Å². The van der Waals surface area contributed by atoms with Gasteiger partial charge in [-0.05, 0) is 55.3 Å². The molecule has 0 spiro atoms. The summed E-state index contributed by atoms with van der Waals surface area (Å²) >= 11 is 1.63. The van der Waals surface area contributed by atoms with Crippen molar-refractivity contribution in [2.45, 2.75) is 39.4 Å². The van der Waals surface area contributed by atoms with E-state index < -0.39 is 0 Å². The second-order valence-corrected chi connectivity index (χ2v) is 6.53. The molecule has 1 N–H and O–H groups in total. The first-order valence-corrected chi connectivity index (χ1v) is 7.49. The summed E-state index contributed by atoms with van der Waals surface area (Å²) in [5, 5.41) is 7.06. The summed E-state index contributed by atoms with van der Waals surface area (Å²) in [5.41, 5.74) is 0.873. The lowest BCUT2D eigenvalue weighted by Crippen LogP contribution is -2.47. The van der Waals surface area contributed by atoms with Crippen molar-refractivity contribution in [2.24, 2.45) is 0 Å². The highest BCUT2D eigenvalue weighted by Crippen LogP contribution is 2.14. The van der Waals surface area contributed by atoms with Gasteiger partial charge in [0, 0.05) is 12.1 Å². The van der Waals surface area contributed by atoms with Crippen LogP contribution >= 0.6 is 11.3 Å². The van der Waals surface area contributed by atoms with Crippen LogP contribution in [-0.4, -0.2) is 16.5 Å². The number of amides is 2. The Morgan fingerprint density at radius 2 is 2.15 bits per heavy atom. The Balaban J connectivity index is 2.08. The minimum atomic E-state index is -0.257. The lowest BCUT2D eigenvalue weighted by Gasteiger charge is -2.27. The number of carbonyl (C=O) groups is 1. The molecule has 0 aliphatic heterocycles. The number of thiophene rings is 1. The maximum absolute atomic E-state index is 12.4. The Hall–Kier alpha value is -1.75. The first-order chi connectivity index (χ1) is 9.44. The van der Waals surface area contributed by atoms with E-state index in [0.717, 1.165) is 11.3 Å². The second kappa shape index (κ2) is 6.13. The average molecular weight is 292 g/mol. The molecule has 0 aromatic carbocycles. The van der Waals surface area contributed by atoms with E-state index in [2.05, 4.69) is 10.7 Å². The molecule has 0 aliphatic carbocycles. The van der Waals surface area contributed by atoms with E-state index in [9.17, 15) is 4.79 Å². The highest BCUT2D eigenvalue weighted by Gasteiger charge is 2.21. The number of carbonyl (C=O) groups excluding carboxylic acids is 1. The molecular weight excluding hydrogens is 272 g/mol. The monoisotopic (exact) mass is 292 g/mol. The minimum absolute atomic E-state index is 0.0832. The highest BCUT2D eigenvalue weighted by molar-refractivity contribution is 7.07. The Morgan fingerprint density at radius 3 is 2.70 bits per heavy atom. The van der Waals surface area contributed by atoms with Gasteiger partial charge in [0.05, 0.1) is 12.8 Å². The quantitative estimate of drug-likeness (QED) is 0.930. The van der Waals surface area contributed by atoms with Crippen LogP contribution in [0, 0.1) is 0 Å². The van der Waals surface area contributed by atoms with Gasteiger partial charge in [0.25, 0.3) is 0 Å². The number of urea groups is 1. The number of hydrogen-bond acceptors (Lipinski definition) is 3. The van der Waals surface area contributed by atoms with E-state index in [1.54, 1.807) is 22.5 Å². The molecule has 2 heterocycles. The molecule has 2 amide bonds. The number of nitrogens with one attached hydrogen (secondary N) is 1. The molecule has 4 nitrogen and oxygen atoms in total. The topological polar surface area (TPSA) is 45.5 Å². The number of rotatable bonds is 4. The Morgan fingerprint density at radius 1 is 1.35 bits per heavy atom. The van der Waals surface area contributed by atoms with E-state index in [1.165, 1.54) is 0 Å².